The van der Waals surface area contributed by atoms with Crippen molar-refractivity contribution >= 4 is 21.7 Å². The molecule has 17 heavy (non-hydrogen) atoms. The number of rotatable bonds is 3. The van der Waals surface area contributed by atoms with Gasteiger partial charge in [0.05, 0.1) is 6.54 Å². The molecule has 2 nitrogen and oxygen atoms in total. The van der Waals surface area contributed by atoms with E-state index in [9.17, 15) is 4.79 Å². The van der Waals surface area contributed by atoms with Crippen molar-refractivity contribution in [2.75, 3.05) is 19.6 Å². The molecule has 1 aromatic rings. The molecule has 0 atom stereocenters. The zero-order valence-corrected chi connectivity index (χ0v) is 11.7. The maximum Gasteiger partial charge on any atom is 0.177 e. The van der Waals surface area contributed by atoms with E-state index in [0.717, 1.165) is 29.0 Å². The summed E-state index contributed by atoms with van der Waals surface area (Å²) in [4.78, 5) is 14.4. The molecule has 0 aromatic heterocycles. The van der Waals surface area contributed by atoms with Gasteiger partial charge in [0.25, 0.3) is 0 Å². The number of benzene rings is 1. The molecule has 1 aliphatic heterocycles. The first-order valence-electron chi connectivity index (χ1n) is 6.17. The number of halogens is 1. The van der Waals surface area contributed by atoms with Crippen LogP contribution < -0.4 is 0 Å². The summed E-state index contributed by atoms with van der Waals surface area (Å²) in [6.45, 7) is 4.94. The number of ketones is 1. The predicted octanol–water partition coefficient (Wildman–Crippen LogP) is 3.36. The molecule has 1 saturated heterocycles. The van der Waals surface area contributed by atoms with Crippen LogP contribution in [-0.4, -0.2) is 30.3 Å². The van der Waals surface area contributed by atoms with Crippen molar-refractivity contribution in [3.8, 4) is 0 Å². The van der Waals surface area contributed by atoms with Gasteiger partial charge in [-0.1, -0.05) is 41.1 Å². The molecule has 1 aliphatic rings. The van der Waals surface area contributed by atoms with Crippen LogP contribution in [0.1, 0.15) is 30.1 Å². The molecular weight excluding hydrogens is 278 g/mol. The van der Waals surface area contributed by atoms with E-state index in [2.05, 4.69) is 27.8 Å². The molecule has 0 aliphatic carbocycles. The lowest BCUT2D eigenvalue weighted by Gasteiger charge is -2.29. The Morgan fingerprint density at radius 2 is 2.00 bits per heavy atom. The molecule has 92 valence electrons. The van der Waals surface area contributed by atoms with Gasteiger partial charge in [-0.2, -0.15) is 0 Å². The van der Waals surface area contributed by atoms with Crippen LogP contribution in [0.25, 0.3) is 0 Å². The topological polar surface area (TPSA) is 20.3 Å². The summed E-state index contributed by atoms with van der Waals surface area (Å²) in [7, 11) is 0. The minimum Gasteiger partial charge on any atom is -0.296 e. The maximum atomic E-state index is 12.1. The lowest BCUT2D eigenvalue weighted by molar-refractivity contribution is 0.0899. The van der Waals surface area contributed by atoms with Gasteiger partial charge >= 0.3 is 0 Å². The van der Waals surface area contributed by atoms with Gasteiger partial charge in [-0.25, -0.2) is 0 Å². The van der Waals surface area contributed by atoms with Gasteiger partial charge in [-0.05, 0) is 37.9 Å². The number of carbonyl (C=O) groups excluding carboxylic acids is 1. The molecule has 0 bridgehead atoms. The minimum atomic E-state index is 0.215. The Morgan fingerprint density at radius 3 is 2.65 bits per heavy atom. The summed E-state index contributed by atoms with van der Waals surface area (Å²) in [6, 6.07) is 7.66. The number of hydrogen-bond acceptors (Lipinski definition) is 2. The van der Waals surface area contributed by atoms with Crippen molar-refractivity contribution in [2.24, 2.45) is 5.92 Å². The van der Waals surface area contributed by atoms with Crippen molar-refractivity contribution in [1.29, 1.82) is 0 Å². The van der Waals surface area contributed by atoms with Gasteiger partial charge in [0.1, 0.15) is 0 Å². The van der Waals surface area contributed by atoms with E-state index >= 15 is 0 Å². The van der Waals surface area contributed by atoms with E-state index in [4.69, 9.17) is 0 Å². The fourth-order valence-electron chi connectivity index (χ4n) is 2.20. The number of carbonyl (C=O) groups is 1. The van der Waals surface area contributed by atoms with Crippen LogP contribution in [0.4, 0.5) is 0 Å². The van der Waals surface area contributed by atoms with Gasteiger partial charge < -0.3 is 0 Å². The Labute approximate surface area is 111 Å². The second-order valence-electron chi connectivity index (χ2n) is 4.86. The lowest BCUT2D eigenvalue weighted by atomic mass is 9.99. The Kier molecular flexibility index (Phi) is 4.35. The van der Waals surface area contributed by atoms with Gasteiger partial charge in [0.15, 0.2) is 5.78 Å². The van der Waals surface area contributed by atoms with Crippen molar-refractivity contribution in [2.45, 2.75) is 19.8 Å². The fourth-order valence-corrected chi connectivity index (χ4v) is 2.70. The molecule has 1 fully saturated rings. The van der Waals surface area contributed by atoms with E-state index < -0.39 is 0 Å². The Balaban J connectivity index is 1.96. The largest absolute Gasteiger partial charge is 0.296 e. The summed E-state index contributed by atoms with van der Waals surface area (Å²) in [5.41, 5.74) is 0.797. The highest BCUT2D eigenvalue weighted by molar-refractivity contribution is 9.10. The van der Waals surface area contributed by atoms with Gasteiger partial charge in [-0.3, -0.25) is 9.69 Å². The molecular formula is C14H18BrNO. The van der Waals surface area contributed by atoms with Crippen LogP contribution in [-0.2, 0) is 0 Å². The Bertz CT molecular complexity index is 397. The second-order valence-corrected chi connectivity index (χ2v) is 5.72. The highest BCUT2D eigenvalue weighted by Crippen LogP contribution is 2.19. The highest BCUT2D eigenvalue weighted by Gasteiger charge is 2.19. The molecule has 0 amide bonds. The zero-order valence-electron chi connectivity index (χ0n) is 10.2. The van der Waals surface area contributed by atoms with Crippen molar-refractivity contribution in [3.05, 3.63) is 34.3 Å². The third kappa shape index (κ3) is 3.39. The van der Waals surface area contributed by atoms with Crippen LogP contribution in [0.3, 0.4) is 0 Å². The van der Waals surface area contributed by atoms with Gasteiger partial charge in [0.2, 0.25) is 0 Å². The summed E-state index contributed by atoms with van der Waals surface area (Å²) in [5, 5.41) is 0. The summed E-state index contributed by atoms with van der Waals surface area (Å²) < 4.78 is 0.898. The maximum absolute atomic E-state index is 12.1. The number of likely N-dealkylation sites (tertiary alicyclic amines) is 1. The third-order valence-corrected chi connectivity index (χ3v) is 4.11. The molecule has 0 saturated carbocycles. The van der Waals surface area contributed by atoms with Crippen LogP contribution >= 0.6 is 15.9 Å². The molecule has 0 unspecified atom stereocenters. The van der Waals surface area contributed by atoms with E-state index in [0.29, 0.717) is 6.54 Å². The number of nitrogens with zero attached hydrogens (tertiary/aromatic N) is 1. The molecule has 0 spiro atoms. The quantitative estimate of drug-likeness (QED) is 0.797. The second kappa shape index (κ2) is 5.78. The summed E-state index contributed by atoms with van der Waals surface area (Å²) in [5.74, 6) is 1.02. The van der Waals surface area contributed by atoms with Gasteiger partial charge in [0, 0.05) is 10.0 Å². The number of hydrogen-bond donors (Lipinski definition) is 0. The van der Waals surface area contributed by atoms with E-state index in [1.807, 2.05) is 24.3 Å². The average molecular weight is 296 g/mol. The highest BCUT2D eigenvalue weighted by atomic mass is 79.9. The normalized spacial score (nSPS) is 18.2. The summed E-state index contributed by atoms with van der Waals surface area (Å²) in [6.07, 6.45) is 2.42. The molecule has 3 heteroatoms. The van der Waals surface area contributed by atoms with Crippen molar-refractivity contribution < 1.29 is 4.79 Å². The average Bonchev–Trinajstić information content (AvgIpc) is 2.32. The van der Waals surface area contributed by atoms with Gasteiger partial charge in [-0.15, -0.1) is 0 Å². The van der Waals surface area contributed by atoms with E-state index in [1.165, 1.54) is 12.8 Å². The smallest absolute Gasteiger partial charge is 0.177 e. The molecule has 1 heterocycles. The van der Waals surface area contributed by atoms with Crippen molar-refractivity contribution in [1.82, 2.24) is 4.90 Å². The molecule has 1 aromatic carbocycles. The third-order valence-electron chi connectivity index (χ3n) is 3.42. The summed E-state index contributed by atoms with van der Waals surface area (Å²) >= 11 is 3.43. The number of piperidine rings is 1. The van der Waals surface area contributed by atoms with E-state index in [1.54, 1.807) is 0 Å². The first-order valence-corrected chi connectivity index (χ1v) is 6.96. The van der Waals surface area contributed by atoms with Crippen LogP contribution in [0.5, 0.6) is 0 Å². The lowest BCUT2D eigenvalue weighted by Crippen LogP contribution is -2.36. The van der Waals surface area contributed by atoms with Crippen LogP contribution in [0.15, 0.2) is 28.7 Å². The van der Waals surface area contributed by atoms with E-state index in [-0.39, 0.29) is 5.78 Å². The monoisotopic (exact) mass is 295 g/mol. The van der Waals surface area contributed by atoms with Crippen molar-refractivity contribution in [3.63, 3.8) is 0 Å². The Morgan fingerprint density at radius 1 is 1.35 bits per heavy atom. The first kappa shape index (κ1) is 12.8. The zero-order chi connectivity index (χ0) is 12.3. The standard InChI is InChI=1S/C14H18BrNO/c1-11-6-8-16(9-7-11)10-14(17)12-4-2-3-5-13(12)15/h2-5,11H,6-10H2,1H3. The Hall–Kier alpha value is -0.670. The molecule has 0 radical (unpaired) electrons. The first-order chi connectivity index (χ1) is 8.16. The number of Topliss-reactive ketones (excluding diaryl/α,β-unsaturated/α-hetero) is 1. The van der Waals surface area contributed by atoms with Crippen LogP contribution in [0.2, 0.25) is 0 Å². The molecule has 0 N–H and O–H groups in total. The van der Waals surface area contributed by atoms with Crippen LogP contribution in [0, 0.1) is 5.92 Å². The fraction of sp³-hybridized carbons (Fsp3) is 0.500. The SMILES string of the molecule is CC1CCN(CC(=O)c2ccccc2Br)CC1. The molecule has 2 rings (SSSR count). The minimum absolute atomic E-state index is 0.215. The predicted molar refractivity (Wildman–Crippen MR) is 73.3 cm³/mol.